The Bertz CT molecular complexity index is 1060. The van der Waals surface area contributed by atoms with Gasteiger partial charge in [0.15, 0.2) is 11.5 Å². The van der Waals surface area contributed by atoms with Crippen molar-refractivity contribution in [3.63, 3.8) is 0 Å². The van der Waals surface area contributed by atoms with Gasteiger partial charge in [-0.2, -0.15) is 0 Å². The first-order valence-corrected chi connectivity index (χ1v) is 9.66. The number of thioether (sulfide) groups is 1. The Hall–Kier alpha value is -3.26. The minimum Gasteiger partial charge on any atom is -0.493 e. The number of carbonyl (C=O) groups is 1. The lowest BCUT2D eigenvalue weighted by Gasteiger charge is -2.16. The second-order valence-electron chi connectivity index (χ2n) is 6.38. The molecule has 2 heterocycles. The fraction of sp³-hybridized carbons (Fsp3) is 0.143. The average molecular weight is 411 g/mol. The number of anilines is 1. The maximum atomic E-state index is 13.2. The van der Waals surface area contributed by atoms with Gasteiger partial charge in [-0.3, -0.25) is 15.1 Å². The fourth-order valence-electron chi connectivity index (χ4n) is 3.21. The summed E-state index contributed by atoms with van der Waals surface area (Å²) in [6.45, 7) is 0. The van der Waals surface area contributed by atoms with Crippen molar-refractivity contribution in [2.45, 2.75) is 6.42 Å². The molecule has 2 N–H and O–H groups in total. The number of halogens is 1. The second-order valence-corrected chi connectivity index (χ2v) is 7.26. The molecular weight excluding hydrogens is 393 g/mol. The minimum absolute atomic E-state index is 0.0959. The van der Waals surface area contributed by atoms with Crippen LogP contribution in [-0.2, 0) is 4.79 Å². The quantitative estimate of drug-likeness (QED) is 0.792. The van der Waals surface area contributed by atoms with Crippen molar-refractivity contribution in [3.8, 4) is 11.5 Å². The second kappa shape index (κ2) is 7.63. The molecule has 4 rings (SSSR count). The molecule has 0 atom stereocenters. The highest BCUT2D eigenvalue weighted by atomic mass is 32.2. The first-order valence-electron chi connectivity index (χ1n) is 8.78. The molecule has 6 nitrogen and oxygen atoms in total. The zero-order chi connectivity index (χ0) is 20.5. The highest BCUT2D eigenvalue weighted by Gasteiger charge is 2.35. The van der Waals surface area contributed by atoms with E-state index in [9.17, 15) is 9.18 Å². The number of benzene rings is 2. The van der Waals surface area contributed by atoms with Crippen LogP contribution in [-0.4, -0.2) is 26.0 Å². The van der Waals surface area contributed by atoms with Gasteiger partial charge in [0.1, 0.15) is 11.7 Å². The van der Waals surface area contributed by atoms with Gasteiger partial charge in [-0.05, 0) is 42.5 Å². The van der Waals surface area contributed by atoms with Crippen LogP contribution in [0.4, 0.5) is 10.1 Å². The molecule has 2 aromatic rings. The number of hydrogen-bond donors (Lipinski definition) is 2. The third-order valence-electron chi connectivity index (χ3n) is 4.68. The van der Waals surface area contributed by atoms with Crippen molar-refractivity contribution in [3.05, 3.63) is 69.9 Å². The number of methoxy groups -OCH3 is 2. The molecule has 0 bridgehead atoms. The molecule has 1 saturated heterocycles. The molecule has 0 unspecified atom stereocenters. The van der Waals surface area contributed by atoms with E-state index in [1.54, 1.807) is 14.2 Å². The molecule has 2 aliphatic heterocycles. The van der Waals surface area contributed by atoms with Crippen molar-refractivity contribution in [2.24, 2.45) is 0 Å². The summed E-state index contributed by atoms with van der Waals surface area (Å²) in [5.41, 5.74) is 2.83. The molecule has 2 aromatic carbocycles. The van der Waals surface area contributed by atoms with Crippen molar-refractivity contribution in [2.75, 3.05) is 19.1 Å². The van der Waals surface area contributed by atoms with Crippen LogP contribution in [0.25, 0.3) is 5.70 Å². The van der Waals surface area contributed by atoms with Gasteiger partial charge in [-0.15, -0.1) is 0 Å². The fourth-order valence-corrected chi connectivity index (χ4v) is 4.13. The Labute approximate surface area is 171 Å². The van der Waals surface area contributed by atoms with Gasteiger partial charge in [-0.1, -0.05) is 11.8 Å². The average Bonchev–Trinajstić information content (AvgIpc) is 3.33. The van der Waals surface area contributed by atoms with E-state index in [0.717, 1.165) is 16.3 Å². The van der Waals surface area contributed by atoms with E-state index < -0.39 is 0 Å². The van der Waals surface area contributed by atoms with E-state index >= 15 is 0 Å². The van der Waals surface area contributed by atoms with Crippen molar-refractivity contribution in [1.82, 2.24) is 5.32 Å². The number of nitrogens with zero attached hydrogens (tertiary/aromatic N) is 1. The third kappa shape index (κ3) is 3.47. The molecule has 148 valence electrons. The Balaban J connectivity index is 1.58. The Morgan fingerprint density at radius 1 is 1.10 bits per heavy atom. The molecule has 29 heavy (non-hydrogen) atoms. The van der Waals surface area contributed by atoms with Crippen LogP contribution >= 0.6 is 11.8 Å². The summed E-state index contributed by atoms with van der Waals surface area (Å²) in [5, 5.41) is 14.4. The van der Waals surface area contributed by atoms with Gasteiger partial charge < -0.3 is 14.8 Å². The molecule has 1 fully saturated rings. The van der Waals surface area contributed by atoms with E-state index in [0.29, 0.717) is 22.8 Å². The number of hydrogen-bond acceptors (Lipinski definition) is 6. The Morgan fingerprint density at radius 2 is 1.83 bits per heavy atom. The van der Waals surface area contributed by atoms with Gasteiger partial charge >= 0.3 is 0 Å². The van der Waals surface area contributed by atoms with Crippen molar-refractivity contribution in [1.29, 1.82) is 5.41 Å². The number of nitrogens with one attached hydrogen (secondary N) is 2. The predicted octanol–water partition coefficient (Wildman–Crippen LogP) is 4.10. The molecule has 1 amide bonds. The normalized spacial score (nSPS) is 18.7. The van der Waals surface area contributed by atoms with Crippen LogP contribution in [0.2, 0.25) is 0 Å². The Kier molecular flexibility index (Phi) is 5.02. The zero-order valence-corrected chi connectivity index (χ0v) is 16.6. The summed E-state index contributed by atoms with van der Waals surface area (Å²) in [5.74, 6) is 0.746. The summed E-state index contributed by atoms with van der Waals surface area (Å²) < 4.78 is 23.8. The summed E-state index contributed by atoms with van der Waals surface area (Å²) >= 11 is 1.43. The van der Waals surface area contributed by atoms with Gasteiger partial charge in [0.25, 0.3) is 0 Å². The maximum Gasteiger partial charge on any atom is 0.237 e. The Morgan fingerprint density at radius 3 is 2.52 bits per heavy atom. The highest BCUT2D eigenvalue weighted by Crippen LogP contribution is 2.38. The monoisotopic (exact) mass is 411 g/mol. The molecule has 0 radical (unpaired) electrons. The first-order chi connectivity index (χ1) is 14.0. The summed E-state index contributed by atoms with van der Waals surface area (Å²) in [6, 6.07) is 11.1. The van der Waals surface area contributed by atoms with Gasteiger partial charge in [0, 0.05) is 16.5 Å². The van der Waals surface area contributed by atoms with E-state index in [1.165, 1.54) is 40.9 Å². The molecule has 0 aliphatic carbocycles. The van der Waals surface area contributed by atoms with E-state index in [1.807, 2.05) is 23.6 Å². The molecule has 0 spiro atoms. The SMILES string of the molecule is COc1ccc(C2=CSC(=C3CC(=O)N(c4ccc(F)cc4)C3=N)N2)cc1OC. The van der Waals surface area contributed by atoms with E-state index in [2.05, 4.69) is 5.32 Å². The zero-order valence-electron chi connectivity index (χ0n) is 15.8. The predicted molar refractivity (Wildman–Crippen MR) is 112 cm³/mol. The number of ether oxygens (including phenoxy) is 2. The number of rotatable bonds is 4. The smallest absolute Gasteiger partial charge is 0.237 e. The number of carbonyl (C=O) groups excluding carboxylic acids is 1. The largest absolute Gasteiger partial charge is 0.493 e. The van der Waals surface area contributed by atoms with Crippen LogP contribution < -0.4 is 19.7 Å². The summed E-state index contributed by atoms with van der Waals surface area (Å²) in [4.78, 5) is 13.8. The first kappa shape index (κ1) is 19.1. The van der Waals surface area contributed by atoms with E-state index in [-0.39, 0.29) is 24.0 Å². The molecule has 0 saturated carbocycles. The highest BCUT2D eigenvalue weighted by molar-refractivity contribution is 8.06. The molecular formula is C21H18FN3O3S. The third-order valence-corrected chi connectivity index (χ3v) is 5.62. The standard InChI is InChI=1S/C21H18FN3O3S/c1-27-17-8-3-12(9-18(17)28-2)16-11-29-21(24-16)15-10-19(26)25(20(15)23)14-6-4-13(22)5-7-14/h3-9,11,23-24H,10H2,1-2H3. The van der Waals surface area contributed by atoms with Crippen molar-refractivity contribution >= 4 is 34.9 Å². The lowest BCUT2D eigenvalue weighted by atomic mass is 10.1. The summed E-state index contributed by atoms with van der Waals surface area (Å²) in [6.07, 6.45) is 0.110. The van der Waals surface area contributed by atoms with E-state index in [4.69, 9.17) is 14.9 Å². The van der Waals surface area contributed by atoms with Crippen LogP contribution in [0.15, 0.2) is 58.5 Å². The van der Waals surface area contributed by atoms with Crippen molar-refractivity contribution < 1.29 is 18.7 Å². The lowest BCUT2D eigenvalue weighted by Crippen LogP contribution is -2.28. The number of amidine groups is 1. The van der Waals surface area contributed by atoms with Gasteiger partial charge in [0.2, 0.25) is 5.91 Å². The van der Waals surface area contributed by atoms with Crippen LogP contribution in [0.3, 0.4) is 0 Å². The van der Waals surface area contributed by atoms with Gasteiger partial charge in [-0.25, -0.2) is 4.39 Å². The van der Waals surface area contributed by atoms with Crippen LogP contribution in [0, 0.1) is 11.2 Å². The van der Waals surface area contributed by atoms with Gasteiger partial charge in [0.05, 0.1) is 37.1 Å². The summed E-state index contributed by atoms with van der Waals surface area (Å²) in [7, 11) is 3.16. The molecule has 2 aliphatic rings. The minimum atomic E-state index is -0.387. The van der Waals surface area contributed by atoms with Crippen LogP contribution in [0.5, 0.6) is 11.5 Å². The van der Waals surface area contributed by atoms with Crippen LogP contribution in [0.1, 0.15) is 12.0 Å². The topological polar surface area (TPSA) is 74.7 Å². The number of amides is 1. The molecule has 8 heteroatoms. The lowest BCUT2D eigenvalue weighted by molar-refractivity contribution is -0.116. The maximum absolute atomic E-state index is 13.2. The molecule has 0 aromatic heterocycles.